The van der Waals surface area contributed by atoms with Gasteiger partial charge in [-0.05, 0) is 49.9 Å². The van der Waals surface area contributed by atoms with Crippen LogP contribution in [-0.2, 0) is 20.7 Å². The second-order valence-corrected chi connectivity index (χ2v) is 7.91. The number of carbonyl (C=O) groups excluding carboxylic acids is 3. The molecule has 3 rings (SSSR count). The van der Waals surface area contributed by atoms with Crippen LogP contribution in [0.5, 0.6) is 0 Å². The van der Waals surface area contributed by atoms with Crippen molar-refractivity contribution < 1.29 is 19.1 Å². The van der Waals surface area contributed by atoms with Crippen LogP contribution >= 0.6 is 0 Å². The lowest BCUT2D eigenvalue weighted by Gasteiger charge is -2.35. The minimum atomic E-state index is -0.661. The topological polar surface area (TPSA) is 87.7 Å². The van der Waals surface area contributed by atoms with Crippen molar-refractivity contribution in [1.29, 1.82) is 0 Å². The number of esters is 1. The predicted molar refractivity (Wildman–Crippen MR) is 127 cm³/mol. The van der Waals surface area contributed by atoms with Gasteiger partial charge in [0.2, 0.25) is 5.91 Å². The fourth-order valence-corrected chi connectivity index (χ4v) is 3.92. The molecule has 1 heterocycles. The zero-order chi connectivity index (χ0) is 23.8. The van der Waals surface area contributed by atoms with E-state index in [1.165, 1.54) is 0 Å². The number of urea groups is 1. The SMILES string of the molecule is CCCN1C(=O)N[C@H](c2cccc(NC(=O)CCc3ccccc3)c2)C(C(=O)OCC)=C1C. The standard InChI is InChI=1S/C26H31N3O4/c1-4-16-29-18(3)23(25(31)33-5-2)24(28-26(29)32)20-12-9-13-21(17-20)27-22(30)15-14-19-10-7-6-8-11-19/h6-13,17,24H,4-5,14-16H2,1-3H3,(H,27,30)(H,28,32)/t24-/m1/s1. The number of nitrogens with one attached hydrogen (secondary N) is 2. The smallest absolute Gasteiger partial charge is 0.338 e. The van der Waals surface area contributed by atoms with Crippen LogP contribution in [0.3, 0.4) is 0 Å². The first kappa shape index (κ1) is 24.0. The molecule has 7 nitrogen and oxygen atoms in total. The molecule has 0 bridgehead atoms. The predicted octanol–water partition coefficient (Wildman–Crippen LogP) is 4.57. The molecule has 2 aromatic carbocycles. The molecule has 33 heavy (non-hydrogen) atoms. The van der Waals surface area contributed by atoms with Gasteiger partial charge in [-0.1, -0.05) is 49.4 Å². The van der Waals surface area contributed by atoms with E-state index < -0.39 is 12.0 Å². The summed E-state index contributed by atoms with van der Waals surface area (Å²) in [6.07, 6.45) is 1.76. The highest BCUT2D eigenvalue weighted by Gasteiger charge is 2.36. The van der Waals surface area contributed by atoms with Crippen LogP contribution in [0.1, 0.15) is 50.8 Å². The highest BCUT2D eigenvalue weighted by molar-refractivity contribution is 5.95. The zero-order valence-electron chi connectivity index (χ0n) is 19.4. The van der Waals surface area contributed by atoms with Gasteiger partial charge >= 0.3 is 12.0 Å². The third-order valence-corrected chi connectivity index (χ3v) is 5.53. The lowest BCUT2D eigenvalue weighted by Crippen LogP contribution is -2.48. The van der Waals surface area contributed by atoms with Gasteiger partial charge < -0.3 is 15.4 Å². The summed E-state index contributed by atoms with van der Waals surface area (Å²) < 4.78 is 5.29. The summed E-state index contributed by atoms with van der Waals surface area (Å²) in [7, 11) is 0. The first-order valence-electron chi connectivity index (χ1n) is 11.3. The van der Waals surface area contributed by atoms with Crippen LogP contribution in [-0.4, -0.2) is 36.0 Å². The van der Waals surface area contributed by atoms with Gasteiger partial charge in [0.25, 0.3) is 0 Å². The quantitative estimate of drug-likeness (QED) is 0.549. The molecule has 0 saturated carbocycles. The van der Waals surface area contributed by atoms with Gasteiger partial charge in [0, 0.05) is 24.4 Å². The lowest BCUT2D eigenvalue weighted by molar-refractivity contribution is -0.139. The number of ether oxygens (including phenoxy) is 1. The van der Waals surface area contributed by atoms with E-state index in [1.54, 1.807) is 36.9 Å². The van der Waals surface area contributed by atoms with Gasteiger partial charge in [-0.2, -0.15) is 0 Å². The Bertz CT molecular complexity index is 1030. The van der Waals surface area contributed by atoms with E-state index in [0.717, 1.165) is 12.0 Å². The maximum absolute atomic E-state index is 12.8. The summed E-state index contributed by atoms with van der Waals surface area (Å²) in [5.74, 6) is -0.562. The Morgan fingerprint density at radius 1 is 1.09 bits per heavy atom. The lowest BCUT2D eigenvalue weighted by atomic mass is 9.94. The first-order chi connectivity index (χ1) is 15.9. The average Bonchev–Trinajstić information content (AvgIpc) is 2.81. The molecule has 0 aliphatic carbocycles. The minimum absolute atomic E-state index is 0.102. The van der Waals surface area contributed by atoms with E-state index >= 15 is 0 Å². The molecule has 2 N–H and O–H groups in total. The fraction of sp³-hybridized carbons (Fsp3) is 0.346. The Morgan fingerprint density at radius 3 is 2.55 bits per heavy atom. The van der Waals surface area contributed by atoms with E-state index in [4.69, 9.17) is 4.74 Å². The van der Waals surface area contributed by atoms with Crippen molar-refractivity contribution in [2.45, 2.75) is 46.1 Å². The Balaban J connectivity index is 1.81. The number of rotatable bonds is 9. The van der Waals surface area contributed by atoms with E-state index in [2.05, 4.69) is 10.6 Å². The molecule has 174 valence electrons. The van der Waals surface area contributed by atoms with Crippen molar-refractivity contribution in [3.05, 3.63) is 77.0 Å². The van der Waals surface area contributed by atoms with Crippen molar-refractivity contribution in [3.63, 3.8) is 0 Å². The van der Waals surface area contributed by atoms with Crippen molar-refractivity contribution in [2.75, 3.05) is 18.5 Å². The Morgan fingerprint density at radius 2 is 1.85 bits per heavy atom. The Labute approximate surface area is 194 Å². The number of hydrogen-bond donors (Lipinski definition) is 2. The summed E-state index contributed by atoms with van der Waals surface area (Å²) in [4.78, 5) is 39.6. The molecular formula is C26H31N3O4. The van der Waals surface area contributed by atoms with Crippen molar-refractivity contribution >= 4 is 23.6 Å². The highest BCUT2D eigenvalue weighted by atomic mass is 16.5. The van der Waals surface area contributed by atoms with Crippen LogP contribution in [0, 0.1) is 0 Å². The van der Waals surface area contributed by atoms with Crippen LogP contribution in [0.2, 0.25) is 0 Å². The molecule has 0 aromatic heterocycles. The number of benzene rings is 2. The van der Waals surface area contributed by atoms with Gasteiger partial charge in [0.15, 0.2) is 0 Å². The van der Waals surface area contributed by atoms with Crippen molar-refractivity contribution in [3.8, 4) is 0 Å². The number of amides is 3. The maximum atomic E-state index is 12.8. The number of hydrogen-bond acceptors (Lipinski definition) is 4. The molecular weight excluding hydrogens is 418 g/mol. The van der Waals surface area contributed by atoms with Gasteiger partial charge in [0.1, 0.15) is 0 Å². The monoisotopic (exact) mass is 449 g/mol. The summed E-state index contributed by atoms with van der Waals surface area (Å²) in [5.41, 5.74) is 3.39. The molecule has 1 atom stereocenters. The average molecular weight is 450 g/mol. The summed E-state index contributed by atoms with van der Waals surface area (Å²) in [6, 6.07) is 16.1. The maximum Gasteiger partial charge on any atom is 0.338 e. The second-order valence-electron chi connectivity index (χ2n) is 7.91. The highest BCUT2D eigenvalue weighted by Crippen LogP contribution is 2.32. The minimum Gasteiger partial charge on any atom is -0.463 e. The zero-order valence-corrected chi connectivity index (χ0v) is 19.4. The van der Waals surface area contributed by atoms with Crippen molar-refractivity contribution in [1.82, 2.24) is 10.2 Å². The Hall–Kier alpha value is -3.61. The molecule has 1 aliphatic rings. The molecule has 0 spiro atoms. The number of aryl methyl sites for hydroxylation is 1. The molecule has 0 unspecified atom stereocenters. The van der Waals surface area contributed by atoms with E-state index in [-0.39, 0.29) is 18.5 Å². The third kappa shape index (κ3) is 6.00. The van der Waals surface area contributed by atoms with Crippen molar-refractivity contribution in [2.24, 2.45) is 0 Å². The van der Waals surface area contributed by atoms with Crippen LogP contribution in [0.4, 0.5) is 10.5 Å². The van der Waals surface area contributed by atoms with E-state index in [9.17, 15) is 14.4 Å². The second kappa shape index (κ2) is 11.3. The number of anilines is 1. The Kier molecular flexibility index (Phi) is 8.24. The van der Waals surface area contributed by atoms with E-state index in [1.807, 2.05) is 43.3 Å². The molecule has 0 saturated heterocycles. The summed E-state index contributed by atoms with van der Waals surface area (Å²) in [6.45, 7) is 6.23. The number of nitrogens with zero attached hydrogens (tertiary/aromatic N) is 1. The fourth-order valence-electron chi connectivity index (χ4n) is 3.92. The van der Waals surface area contributed by atoms with Crippen LogP contribution in [0.25, 0.3) is 0 Å². The molecule has 0 fully saturated rings. The first-order valence-corrected chi connectivity index (χ1v) is 11.3. The number of carbonyl (C=O) groups is 3. The van der Waals surface area contributed by atoms with Gasteiger partial charge in [-0.25, -0.2) is 9.59 Å². The largest absolute Gasteiger partial charge is 0.463 e. The molecule has 0 radical (unpaired) electrons. The normalized spacial score (nSPS) is 15.8. The van der Waals surface area contributed by atoms with Gasteiger partial charge in [-0.15, -0.1) is 0 Å². The third-order valence-electron chi connectivity index (χ3n) is 5.53. The number of allylic oxidation sites excluding steroid dienone is 1. The van der Waals surface area contributed by atoms with E-state index in [0.29, 0.717) is 41.9 Å². The van der Waals surface area contributed by atoms with Gasteiger partial charge in [-0.3, -0.25) is 9.69 Å². The molecule has 3 amide bonds. The van der Waals surface area contributed by atoms with Gasteiger partial charge in [0.05, 0.1) is 18.2 Å². The molecule has 7 heteroatoms. The van der Waals surface area contributed by atoms with Crippen LogP contribution in [0.15, 0.2) is 65.9 Å². The van der Waals surface area contributed by atoms with Crippen LogP contribution < -0.4 is 10.6 Å². The summed E-state index contributed by atoms with van der Waals surface area (Å²) in [5, 5.41) is 5.85. The molecule has 2 aromatic rings. The summed E-state index contributed by atoms with van der Waals surface area (Å²) >= 11 is 0. The molecule has 1 aliphatic heterocycles.